The topological polar surface area (TPSA) is 87.2 Å². The van der Waals surface area contributed by atoms with Crippen molar-refractivity contribution in [2.75, 3.05) is 0 Å². The minimum atomic E-state index is -3.85. The third-order valence-electron chi connectivity index (χ3n) is 5.38. The van der Waals surface area contributed by atoms with Gasteiger partial charge in [0.05, 0.1) is 23.0 Å². The van der Waals surface area contributed by atoms with Crippen LogP contribution in [-0.2, 0) is 10.0 Å². The second-order valence-electron chi connectivity index (χ2n) is 7.01. The summed E-state index contributed by atoms with van der Waals surface area (Å²) in [7, 11) is -3.85. The molecule has 0 radical (unpaired) electrons. The van der Waals surface area contributed by atoms with Crippen LogP contribution in [0.4, 0.5) is 4.39 Å². The second kappa shape index (κ2) is 7.79. The van der Waals surface area contributed by atoms with E-state index in [1.165, 1.54) is 24.5 Å². The van der Waals surface area contributed by atoms with Crippen molar-refractivity contribution in [1.82, 2.24) is 15.0 Å². The van der Waals surface area contributed by atoms with E-state index in [9.17, 15) is 12.8 Å². The van der Waals surface area contributed by atoms with E-state index in [1.807, 2.05) is 20.8 Å². The van der Waals surface area contributed by atoms with Crippen LogP contribution in [-0.4, -0.2) is 24.8 Å². The molecule has 0 aliphatic rings. The first-order valence-electron chi connectivity index (χ1n) is 9.04. The second-order valence-corrected chi connectivity index (χ2v) is 8.61. The van der Waals surface area contributed by atoms with Crippen LogP contribution in [0, 0.1) is 40.4 Å². The van der Waals surface area contributed by atoms with Crippen molar-refractivity contribution < 1.29 is 12.8 Å². The van der Waals surface area contributed by atoms with Crippen molar-refractivity contribution in [1.29, 1.82) is 0 Å². The van der Waals surface area contributed by atoms with Crippen LogP contribution in [0.5, 0.6) is 0 Å². The van der Waals surface area contributed by atoms with Crippen molar-refractivity contribution in [3.63, 3.8) is 0 Å². The number of hydrogen-bond acceptors (Lipinski definition) is 4. The van der Waals surface area contributed by atoms with Crippen molar-refractivity contribution in [2.45, 2.75) is 39.5 Å². The standard InChI is InChI=1S/C21H23FN4O2S/c1-12-13(2)15(4)21(16(5)14(12)3)29(27,28)26-24-11-18-10-23-25-20(18)17-6-8-19(22)9-7-17/h6-11,26H,1-5H3,(H,23,25)/b24-11-. The zero-order valence-corrected chi connectivity index (χ0v) is 17.8. The van der Waals surface area contributed by atoms with Gasteiger partial charge in [0.1, 0.15) is 5.82 Å². The van der Waals surface area contributed by atoms with Gasteiger partial charge in [-0.2, -0.15) is 18.6 Å². The monoisotopic (exact) mass is 414 g/mol. The molecule has 0 aliphatic heterocycles. The van der Waals surface area contributed by atoms with E-state index in [2.05, 4.69) is 20.1 Å². The molecular weight excluding hydrogens is 391 g/mol. The SMILES string of the molecule is Cc1c(C)c(C)c(S(=O)(=O)N/N=C\c2cn[nH]c2-c2ccc(F)cc2)c(C)c1C. The summed E-state index contributed by atoms with van der Waals surface area (Å²) in [6.07, 6.45) is 2.89. The predicted octanol–water partition coefficient (Wildman–Crippen LogP) is 4.07. The number of nitrogens with zero attached hydrogens (tertiary/aromatic N) is 2. The van der Waals surface area contributed by atoms with Crippen LogP contribution in [0.15, 0.2) is 40.5 Å². The number of hydrazone groups is 1. The van der Waals surface area contributed by atoms with Gasteiger partial charge in [0.25, 0.3) is 10.0 Å². The van der Waals surface area contributed by atoms with Crippen molar-refractivity contribution in [3.05, 3.63) is 69.7 Å². The molecule has 0 fully saturated rings. The van der Waals surface area contributed by atoms with Crippen LogP contribution in [0.2, 0.25) is 0 Å². The number of rotatable bonds is 5. The van der Waals surface area contributed by atoms with Gasteiger partial charge in [-0.05, 0) is 86.7 Å². The molecule has 1 heterocycles. The molecule has 1 aromatic heterocycles. The van der Waals surface area contributed by atoms with Crippen molar-refractivity contribution in [3.8, 4) is 11.3 Å². The van der Waals surface area contributed by atoms with Gasteiger partial charge in [0.2, 0.25) is 0 Å². The molecule has 0 unspecified atom stereocenters. The summed E-state index contributed by atoms with van der Waals surface area (Å²) in [5.74, 6) is -0.342. The fourth-order valence-electron chi connectivity index (χ4n) is 3.32. The van der Waals surface area contributed by atoms with Gasteiger partial charge in [-0.1, -0.05) is 0 Å². The Hall–Kier alpha value is -3.00. The largest absolute Gasteiger partial charge is 0.277 e. The highest BCUT2D eigenvalue weighted by molar-refractivity contribution is 7.89. The van der Waals surface area contributed by atoms with Crippen molar-refractivity contribution in [2.24, 2.45) is 5.10 Å². The minimum Gasteiger partial charge on any atom is -0.277 e. The molecule has 3 rings (SSSR count). The van der Waals surface area contributed by atoms with E-state index in [-0.39, 0.29) is 10.7 Å². The molecule has 2 aromatic carbocycles. The molecule has 0 saturated carbocycles. The van der Waals surface area contributed by atoms with E-state index >= 15 is 0 Å². The molecule has 3 aromatic rings. The Morgan fingerprint density at radius 3 is 2.10 bits per heavy atom. The Balaban J connectivity index is 1.91. The van der Waals surface area contributed by atoms with Gasteiger partial charge < -0.3 is 0 Å². The first-order valence-corrected chi connectivity index (χ1v) is 10.5. The van der Waals surface area contributed by atoms with Crippen LogP contribution < -0.4 is 4.83 Å². The lowest BCUT2D eigenvalue weighted by Crippen LogP contribution is -2.22. The number of sulfonamides is 1. The fourth-order valence-corrected chi connectivity index (χ4v) is 4.72. The first-order chi connectivity index (χ1) is 13.6. The number of halogens is 1. The molecule has 0 spiro atoms. The Bertz CT molecular complexity index is 1170. The Morgan fingerprint density at radius 2 is 1.52 bits per heavy atom. The summed E-state index contributed by atoms with van der Waals surface area (Å²) in [5, 5.41) is 10.7. The lowest BCUT2D eigenvalue weighted by atomic mass is 9.95. The summed E-state index contributed by atoms with van der Waals surface area (Å²) in [6.45, 7) is 9.42. The van der Waals surface area contributed by atoms with E-state index in [1.54, 1.807) is 26.0 Å². The van der Waals surface area contributed by atoms with E-state index in [4.69, 9.17) is 0 Å². The fraction of sp³-hybridized carbons (Fsp3) is 0.238. The molecular formula is C21H23FN4O2S. The molecule has 0 atom stereocenters. The lowest BCUT2D eigenvalue weighted by molar-refractivity contribution is 0.583. The highest BCUT2D eigenvalue weighted by atomic mass is 32.2. The van der Waals surface area contributed by atoms with Crippen LogP contribution >= 0.6 is 0 Å². The van der Waals surface area contributed by atoms with Crippen LogP contribution in [0.25, 0.3) is 11.3 Å². The number of benzene rings is 2. The molecule has 29 heavy (non-hydrogen) atoms. The van der Waals surface area contributed by atoms with Gasteiger partial charge in [-0.25, -0.2) is 9.22 Å². The maximum atomic E-state index is 13.1. The highest BCUT2D eigenvalue weighted by Gasteiger charge is 2.23. The van der Waals surface area contributed by atoms with E-state index in [0.29, 0.717) is 27.9 Å². The third kappa shape index (κ3) is 3.93. The average molecular weight is 415 g/mol. The summed E-state index contributed by atoms with van der Waals surface area (Å²) in [5.41, 5.74) is 6.31. The van der Waals surface area contributed by atoms with Gasteiger partial charge in [-0.3, -0.25) is 5.10 Å². The summed E-state index contributed by atoms with van der Waals surface area (Å²) in [6, 6.07) is 5.89. The number of H-pyrrole nitrogens is 1. The zero-order valence-electron chi connectivity index (χ0n) is 17.0. The smallest absolute Gasteiger partial charge is 0.277 e. The maximum Gasteiger partial charge on any atom is 0.277 e. The number of hydrogen-bond donors (Lipinski definition) is 2. The van der Waals surface area contributed by atoms with Crippen molar-refractivity contribution >= 4 is 16.2 Å². The average Bonchev–Trinajstić information content (AvgIpc) is 3.13. The molecule has 0 saturated heterocycles. The maximum absolute atomic E-state index is 13.1. The number of aromatic amines is 1. The quantitative estimate of drug-likeness (QED) is 0.487. The third-order valence-corrected chi connectivity index (χ3v) is 6.87. The van der Waals surface area contributed by atoms with E-state index < -0.39 is 10.0 Å². The Morgan fingerprint density at radius 1 is 0.966 bits per heavy atom. The Labute approximate surface area is 169 Å². The molecule has 0 amide bonds. The van der Waals surface area contributed by atoms with Crippen LogP contribution in [0.3, 0.4) is 0 Å². The number of nitrogens with one attached hydrogen (secondary N) is 2. The molecule has 2 N–H and O–H groups in total. The molecule has 0 bridgehead atoms. The van der Waals surface area contributed by atoms with Gasteiger partial charge in [0.15, 0.2) is 0 Å². The minimum absolute atomic E-state index is 0.251. The normalized spacial score (nSPS) is 11.9. The summed E-state index contributed by atoms with van der Waals surface area (Å²) < 4.78 is 39.0. The summed E-state index contributed by atoms with van der Waals surface area (Å²) in [4.78, 5) is 2.55. The van der Waals surface area contributed by atoms with Gasteiger partial charge in [0, 0.05) is 11.1 Å². The lowest BCUT2D eigenvalue weighted by Gasteiger charge is -2.18. The Kier molecular flexibility index (Phi) is 5.57. The van der Waals surface area contributed by atoms with Gasteiger partial charge in [-0.15, -0.1) is 0 Å². The zero-order chi connectivity index (χ0) is 21.3. The molecule has 0 aliphatic carbocycles. The predicted molar refractivity (Wildman–Crippen MR) is 112 cm³/mol. The highest BCUT2D eigenvalue weighted by Crippen LogP contribution is 2.29. The molecule has 152 valence electrons. The van der Waals surface area contributed by atoms with E-state index in [0.717, 1.165) is 16.7 Å². The van der Waals surface area contributed by atoms with Crippen LogP contribution in [0.1, 0.15) is 33.4 Å². The number of aromatic nitrogens is 2. The summed E-state index contributed by atoms with van der Waals surface area (Å²) >= 11 is 0. The molecule has 8 heteroatoms. The molecule has 6 nitrogen and oxygen atoms in total. The first kappa shape index (κ1) is 20.7. The van der Waals surface area contributed by atoms with Gasteiger partial charge >= 0.3 is 0 Å².